The van der Waals surface area contributed by atoms with Crippen LogP contribution in [0.4, 0.5) is 23.7 Å². The lowest BCUT2D eigenvalue weighted by atomic mass is 10.00. The SMILES string of the molecule is Cc1cccc(C)c1N1CCCSC1=NC(=O)NCC(C)c1ccc(-c2ncn(-c3ccc(OC(F)(F)F)cc3)n2)cc1. The van der Waals surface area contributed by atoms with Crippen LogP contribution in [0.2, 0.25) is 0 Å². The van der Waals surface area contributed by atoms with Crippen LogP contribution in [0.1, 0.15) is 36.0 Å². The lowest BCUT2D eigenvalue weighted by Gasteiger charge is -2.31. The van der Waals surface area contributed by atoms with E-state index < -0.39 is 6.36 Å². The molecule has 0 radical (unpaired) electrons. The first-order valence-corrected chi connectivity index (χ1v) is 14.8. The second-order valence-electron chi connectivity index (χ2n) is 10.3. The summed E-state index contributed by atoms with van der Waals surface area (Å²) in [4.78, 5) is 23.7. The number of hydrogen-bond donors (Lipinski definition) is 1. The summed E-state index contributed by atoms with van der Waals surface area (Å²) in [6.07, 6.45) is -2.23. The molecule has 1 aliphatic heterocycles. The Morgan fingerprint density at radius 2 is 1.77 bits per heavy atom. The van der Waals surface area contributed by atoms with Gasteiger partial charge in [-0.3, -0.25) is 0 Å². The highest BCUT2D eigenvalue weighted by atomic mass is 32.2. The van der Waals surface area contributed by atoms with Gasteiger partial charge in [-0.2, -0.15) is 4.99 Å². The molecule has 3 aromatic carbocycles. The molecule has 1 fully saturated rings. The molecule has 4 aromatic rings. The Morgan fingerprint density at radius 3 is 2.44 bits per heavy atom. The second-order valence-corrected chi connectivity index (χ2v) is 11.3. The Labute approximate surface area is 252 Å². The van der Waals surface area contributed by atoms with Crippen LogP contribution in [0.5, 0.6) is 5.75 Å². The molecular weight excluding hydrogens is 577 g/mol. The monoisotopic (exact) mass is 608 g/mol. The van der Waals surface area contributed by atoms with Gasteiger partial charge < -0.3 is 15.0 Å². The zero-order chi connectivity index (χ0) is 30.6. The van der Waals surface area contributed by atoms with Crippen LogP contribution in [0.3, 0.4) is 0 Å². The highest BCUT2D eigenvalue weighted by molar-refractivity contribution is 8.14. The van der Waals surface area contributed by atoms with Crippen molar-refractivity contribution in [3.63, 3.8) is 0 Å². The maximum absolute atomic E-state index is 12.8. The largest absolute Gasteiger partial charge is 0.573 e. The van der Waals surface area contributed by atoms with Gasteiger partial charge in [0.05, 0.1) is 5.69 Å². The fraction of sp³-hybridized carbons (Fsp3) is 0.290. The summed E-state index contributed by atoms with van der Waals surface area (Å²) in [5.41, 5.74) is 5.78. The van der Waals surface area contributed by atoms with Gasteiger partial charge in [-0.25, -0.2) is 14.5 Å². The number of aliphatic imine (C=N–C) groups is 1. The molecule has 0 aliphatic carbocycles. The van der Waals surface area contributed by atoms with Gasteiger partial charge in [0.25, 0.3) is 0 Å². The molecule has 0 bridgehead atoms. The number of nitrogens with one attached hydrogen (secondary N) is 1. The summed E-state index contributed by atoms with van der Waals surface area (Å²) in [5, 5.41) is 8.11. The zero-order valence-electron chi connectivity index (χ0n) is 23.9. The standard InChI is InChI=1S/C31H31F3N6O2S/c1-20-6-4-7-21(2)27(20)39-16-5-17-43-30(39)37-29(41)35-18-22(3)23-8-10-24(11-9-23)28-36-19-40(38-28)25-12-14-26(15-13-25)42-31(32,33)34/h4,6-15,19,22H,5,16-18H2,1-3H3,(H,35,41). The Bertz CT molecular complexity index is 1580. The van der Waals surface area contributed by atoms with Crippen molar-refractivity contribution < 1.29 is 22.7 Å². The van der Waals surface area contributed by atoms with E-state index in [1.807, 2.05) is 37.3 Å². The van der Waals surface area contributed by atoms with Crippen LogP contribution in [-0.2, 0) is 0 Å². The molecule has 1 atom stereocenters. The van der Waals surface area contributed by atoms with Gasteiger partial charge in [-0.05, 0) is 67.1 Å². The normalized spacial score (nSPS) is 15.4. The molecule has 5 rings (SSSR count). The number of urea groups is 1. The predicted molar refractivity (Wildman–Crippen MR) is 163 cm³/mol. The highest BCUT2D eigenvalue weighted by Gasteiger charge is 2.31. The number of anilines is 1. The average molecular weight is 609 g/mol. The summed E-state index contributed by atoms with van der Waals surface area (Å²) in [5.74, 6) is 1.12. The summed E-state index contributed by atoms with van der Waals surface area (Å²) in [7, 11) is 0. The predicted octanol–water partition coefficient (Wildman–Crippen LogP) is 7.26. The van der Waals surface area contributed by atoms with Crippen molar-refractivity contribution in [2.45, 2.75) is 39.5 Å². The number of alkyl halides is 3. The number of carbonyl (C=O) groups excluding carboxylic acids is 1. The summed E-state index contributed by atoms with van der Waals surface area (Å²) < 4.78 is 42.6. The van der Waals surface area contributed by atoms with Crippen LogP contribution in [-0.4, -0.2) is 51.2 Å². The molecule has 43 heavy (non-hydrogen) atoms. The number of nitrogens with zero attached hydrogens (tertiary/aromatic N) is 5. The molecule has 0 saturated carbocycles. The molecular formula is C31H31F3N6O2S. The summed E-state index contributed by atoms with van der Waals surface area (Å²) in [6.45, 7) is 7.42. The van der Waals surface area contributed by atoms with Crippen LogP contribution in [0, 0.1) is 13.8 Å². The van der Waals surface area contributed by atoms with Gasteiger partial charge >= 0.3 is 12.4 Å². The van der Waals surface area contributed by atoms with E-state index in [1.54, 1.807) is 11.8 Å². The first-order valence-electron chi connectivity index (χ1n) is 13.8. The highest BCUT2D eigenvalue weighted by Crippen LogP contribution is 2.31. The van der Waals surface area contributed by atoms with Crippen molar-refractivity contribution in [1.82, 2.24) is 20.1 Å². The Morgan fingerprint density at radius 1 is 1.07 bits per heavy atom. The van der Waals surface area contributed by atoms with Crippen LogP contribution < -0.4 is 15.0 Å². The summed E-state index contributed by atoms with van der Waals surface area (Å²) >= 11 is 1.60. The molecule has 1 aromatic heterocycles. The van der Waals surface area contributed by atoms with Gasteiger partial charge in [0.15, 0.2) is 11.0 Å². The maximum Gasteiger partial charge on any atom is 0.573 e. The van der Waals surface area contributed by atoms with Gasteiger partial charge in [0.1, 0.15) is 12.1 Å². The number of benzene rings is 3. The molecule has 1 aliphatic rings. The average Bonchev–Trinajstić information content (AvgIpc) is 3.47. The second kappa shape index (κ2) is 12.9. The third-order valence-electron chi connectivity index (χ3n) is 7.02. The van der Waals surface area contributed by atoms with Gasteiger partial charge in [-0.1, -0.05) is 61.2 Å². The maximum atomic E-state index is 12.8. The van der Waals surface area contributed by atoms with Crippen molar-refractivity contribution in [3.8, 4) is 22.8 Å². The van der Waals surface area contributed by atoms with E-state index in [2.05, 4.69) is 56.0 Å². The molecule has 1 saturated heterocycles. The number of amides is 2. The van der Waals surface area contributed by atoms with Crippen molar-refractivity contribution >= 4 is 28.6 Å². The topological polar surface area (TPSA) is 84.6 Å². The number of hydrogen-bond acceptors (Lipinski definition) is 5. The third kappa shape index (κ3) is 7.56. The first kappa shape index (κ1) is 30.1. The Balaban J connectivity index is 1.19. The quantitative estimate of drug-likeness (QED) is 0.238. The molecule has 1 N–H and O–H groups in total. The number of ether oxygens (including phenoxy) is 1. The lowest BCUT2D eigenvalue weighted by molar-refractivity contribution is -0.274. The molecule has 224 valence electrons. The number of aryl methyl sites for hydroxylation is 2. The minimum Gasteiger partial charge on any atom is -0.406 e. The number of para-hydroxylation sites is 1. The van der Waals surface area contributed by atoms with E-state index >= 15 is 0 Å². The van der Waals surface area contributed by atoms with E-state index in [0.717, 1.165) is 51.8 Å². The Kier molecular flexibility index (Phi) is 9.05. The van der Waals surface area contributed by atoms with Crippen LogP contribution in [0.15, 0.2) is 78.0 Å². The number of amidine groups is 1. The van der Waals surface area contributed by atoms with E-state index in [9.17, 15) is 18.0 Å². The molecule has 2 heterocycles. The van der Waals surface area contributed by atoms with E-state index in [0.29, 0.717) is 18.1 Å². The zero-order valence-corrected chi connectivity index (χ0v) is 24.7. The van der Waals surface area contributed by atoms with Crippen molar-refractivity contribution in [3.05, 3.63) is 89.7 Å². The van der Waals surface area contributed by atoms with Crippen molar-refractivity contribution in [2.75, 3.05) is 23.7 Å². The number of aromatic nitrogens is 3. The van der Waals surface area contributed by atoms with Crippen molar-refractivity contribution in [1.29, 1.82) is 0 Å². The number of halogens is 3. The number of thioether (sulfide) groups is 1. The molecule has 1 unspecified atom stereocenters. The minimum absolute atomic E-state index is 0.0369. The molecule has 12 heteroatoms. The number of carbonyl (C=O) groups is 1. The van der Waals surface area contributed by atoms with E-state index in [4.69, 9.17) is 0 Å². The first-order chi connectivity index (χ1) is 20.6. The molecule has 8 nitrogen and oxygen atoms in total. The molecule has 2 amide bonds. The smallest absolute Gasteiger partial charge is 0.406 e. The fourth-order valence-electron chi connectivity index (χ4n) is 4.86. The summed E-state index contributed by atoms with van der Waals surface area (Å²) in [6, 6.07) is 18.9. The number of rotatable bonds is 7. The van der Waals surface area contributed by atoms with Crippen LogP contribution in [0.25, 0.3) is 17.1 Å². The van der Waals surface area contributed by atoms with Gasteiger partial charge in [0.2, 0.25) is 0 Å². The van der Waals surface area contributed by atoms with E-state index in [-0.39, 0.29) is 17.7 Å². The minimum atomic E-state index is -4.75. The lowest BCUT2D eigenvalue weighted by Crippen LogP contribution is -2.37. The van der Waals surface area contributed by atoms with Crippen molar-refractivity contribution in [2.24, 2.45) is 4.99 Å². The Hall–Kier alpha value is -4.32. The van der Waals surface area contributed by atoms with Crippen LogP contribution >= 0.6 is 11.8 Å². The third-order valence-corrected chi connectivity index (χ3v) is 8.08. The van der Waals surface area contributed by atoms with Gasteiger partial charge in [-0.15, -0.1) is 18.3 Å². The van der Waals surface area contributed by atoms with E-state index in [1.165, 1.54) is 35.3 Å². The molecule has 0 spiro atoms. The van der Waals surface area contributed by atoms with Gasteiger partial charge in [0, 0.05) is 30.1 Å². The fourth-order valence-corrected chi connectivity index (χ4v) is 5.80.